The van der Waals surface area contributed by atoms with Crippen LogP contribution in [0.5, 0.6) is 5.88 Å². The first-order valence-electron chi connectivity index (χ1n) is 8.76. The number of fused-ring (bicyclic) bond motifs is 1. The second-order valence-electron chi connectivity index (χ2n) is 6.23. The third-order valence-corrected chi connectivity index (χ3v) is 4.46. The highest BCUT2D eigenvalue weighted by molar-refractivity contribution is 6.30. The number of anilines is 2. The fourth-order valence-electron chi connectivity index (χ4n) is 2.80. The Kier molecular flexibility index (Phi) is 6.44. The van der Waals surface area contributed by atoms with Gasteiger partial charge in [-0.25, -0.2) is 0 Å². The van der Waals surface area contributed by atoms with E-state index in [0.717, 1.165) is 22.0 Å². The van der Waals surface area contributed by atoms with Crippen LogP contribution in [0.1, 0.15) is 23.5 Å². The van der Waals surface area contributed by atoms with Gasteiger partial charge in [0.15, 0.2) is 5.82 Å². The summed E-state index contributed by atoms with van der Waals surface area (Å²) in [7, 11) is 0. The first-order chi connectivity index (χ1) is 14.1. The summed E-state index contributed by atoms with van der Waals surface area (Å²) in [6, 6.07) is 18.3. The molecule has 4 aromatic rings. The molecule has 30 heavy (non-hydrogen) atoms. The molecule has 0 saturated carbocycles. The Morgan fingerprint density at radius 3 is 2.50 bits per heavy atom. The third-order valence-electron chi connectivity index (χ3n) is 4.21. The molecule has 0 aliphatic rings. The number of aromatic nitrogens is 3. The predicted molar refractivity (Wildman–Crippen MR) is 118 cm³/mol. The maximum atomic E-state index is 11.3. The lowest BCUT2D eigenvalue weighted by Gasteiger charge is -2.12. The molecule has 8 heteroatoms. The molecule has 0 atom stereocenters. The second-order valence-corrected chi connectivity index (χ2v) is 6.67. The SMILES string of the molecule is C.NC(=O)c1cc(COc2nnc(Nc3ccc(Cl)cc3)c3ccccc23)ccn1. The van der Waals surface area contributed by atoms with Crippen molar-refractivity contribution in [1.82, 2.24) is 15.2 Å². The van der Waals surface area contributed by atoms with Gasteiger partial charge >= 0.3 is 0 Å². The van der Waals surface area contributed by atoms with E-state index in [2.05, 4.69) is 20.5 Å². The number of primary amides is 1. The van der Waals surface area contributed by atoms with Gasteiger partial charge in [0.1, 0.15) is 12.3 Å². The molecular formula is C22H20ClN5O2. The van der Waals surface area contributed by atoms with Crippen molar-refractivity contribution >= 4 is 39.8 Å². The molecule has 0 saturated heterocycles. The molecule has 2 aromatic heterocycles. The molecule has 0 unspecified atom stereocenters. The van der Waals surface area contributed by atoms with Crippen molar-refractivity contribution in [3.63, 3.8) is 0 Å². The van der Waals surface area contributed by atoms with Gasteiger partial charge < -0.3 is 15.8 Å². The summed E-state index contributed by atoms with van der Waals surface area (Å²) in [6.07, 6.45) is 1.52. The fraction of sp³-hybridized carbons (Fsp3) is 0.0909. The summed E-state index contributed by atoms with van der Waals surface area (Å²) in [6.45, 7) is 0.200. The van der Waals surface area contributed by atoms with E-state index in [-0.39, 0.29) is 19.7 Å². The summed E-state index contributed by atoms with van der Waals surface area (Å²) in [4.78, 5) is 15.2. The molecule has 0 bridgehead atoms. The number of halogens is 1. The highest BCUT2D eigenvalue weighted by atomic mass is 35.5. The Morgan fingerprint density at radius 2 is 1.77 bits per heavy atom. The van der Waals surface area contributed by atoms with Crippen molar-refractivity contribution in [3.8, 4) is 5.88 Å². The lowest BCUT2D eigenvalue weighted by Crippen LogP contribution is -2.13. The van der Waals surface area contributed by atoms with Gasteiger partial charge in [-0.05, 0) is 48.0 Å². The molecule has 0 spiro atoms. The van der Waals surface area contributed by atoms with Crippen LogP contribution in [0.15, 0.2) is 66.9 Å². The monoisotopic (exact) mass is 421 g/mol. The number of pyridine rings is 1. The molecule has 0 aliphatic carbocycles. The lowest BCUT2D eigenvalue weighted by molar-refractivity contribution is 0.0995. The van der Waals surface area contributed by atoms with E-state index in [9.17, 15) is 4.79 Å². The Hall–Kier alpha value is -3.71. The summed E-state index contributed by atoms with van der Waals surface area (Å²) in [5.41, 5.74) is 7.06. The number of nitrogens with zero attached hydrogens (tertiary/aromatic N) is 3. The topological polar surface area (TPSA) is 103 Å². The van der Waals surface area contributed by atoms with Crippen LogP contribution < -0.4 is 15.8 Å². The second kappa shape index (κ2) is 9.19. The zero-order valence-electron chi connectivity index (χ0n) is 15.2. The van der Waals surface area contributed by atoms with E-state index in [1.807, 2.05) is 36.4 Å². The minimum atomic E-state index is -0.588. The quantitative estimate of drug-likeness (QED) is 0.466. The normalized spacial score (nSPS) is 10.3. The number of hydrogen-bond donors (Lipinski definition) is 2. The van der Waals surface area contributed by atoms with Gasteiger partial charge in [0.2, 0.25) is 5.88 Å². The number of amides is 1. The molecule has 4 rings (SSSR count). The molecule has 1 amide bonds. The van der Waals surface area contributed by atoms with E-state index in [1.165, 1.54) is 6.20 Å². The maximum Gasteiger partial charge on any atom is 0.267 e. The van der Waals surface area contributed by atoms with Gasteiger partial charge in [-0.15, -0.1) is 10.2 Å². The summed E-state index contributed by atoms with van der Waals surface area (Å²) < 4.78 is 5.86. The molecule has 0 radical (unpaired) electrons. The van der Waals surface area contributed by atoms with E-state index in [4.69, 9.17) is 22.1 Å². The minimum Gasteiger partial charge on any atom is -0.471 e. The molecule has 2 aromatic carbocycles. The number of carbonyl (C=O) groups excluding carboxylic acids is 1. The van der Waals surface area contributed by atoms with Crippen molar-refractivity contribution < 1.29 is 9.53 Å². The van der Waals surface area contributed by atoms with Crippen LogP contribution in [0.4, 0.5) is 11.5 Å². The predicted octanol–water partition coefficient (Wildman–Crippen LogP) is 4.74. The van der Waals surface area contributed by atoms with Crippen LogP contribution in [-0.2, 0) is 6.61 Å². The first-order valence-corrected chi connectivity index (χ1v) is 9.13. The number of rotatable bonds is 6. The average Bonchev–Trinajstić information content (AvgIpc) is 2.75. The zero-order chi connectivity index (χ0) is 20.2. The van der Waals surface area contributed by atoms with Gasteiger partial charge in [-0.2, -0.15) is 0 Å². The van der Waals surface area contributed by atoms with Crippen LogP contribution in [-0.4, -0.2) is 21.1 Å². The maximum absolute atomic E-state index is 11.3. The van der Waals surface area contributed by atoms with Crippen LogP contribution in [0.3, 0.4) is 0 Å². The van der Waals surface area contributed by atoms with Crippen molar-refractivity contribution in [2.45, 2.75) is 14.0 Å². The van der Waals surface area contributed by atoms with Crippen LogP contribution in [0.25, 0.3) is 10.8 Å². The number of nitrogens with two attached hydrogens (primary N) is 1. The summed E-state index contributed by atoms with van der Waals surface area (Å²) >= 11 is 5.94. The Balaban J connectivity index is 0.00000256. The Labute approximate surface area is 178 Å². The van der Waals surface area contributed by atoms with Crippen LogP contribution >= 0.6 is 11.6 Å². The van der Waals surface area contributed by atoms with Crippen LogP contribution in [0, 0.1) is 0 Å². The number of nitrogens with one attached hydrogen (secondary N) is 1. The van der Waals surface area contributed by atoms with Gasteiger partial charge in [-0.1, -0.05) is 37.2 Å². The summed E-state index contributed by atoms with van der Waals surface area (Å²) in [5, 5.41) is 14.1. The smallest absolute Gasteiger partial charge is 0.267 e. The van der Waals surface area contributed by atoms with Crippen LogP contribution in [0.2, 0.25) is 5.02 Å². The fourth-order valence-corrected chi connectivity index (χ4v) is 2.92. The Bertz CT molecular complexity index is 1180. The van der Waals surface area contributed by atoms with Gasteiger partial charge in [0.25, 0.3) is 5.91 Å². The third kappa shape index (κ3) is 4.64. The molecule has 7 nitrogen and oxygen atoms in total. The number of carbonyl (C=O) groups is 1. The van der Waals surface area contributed by atoms with E-state index < -0.39 is 5.91 Å². The zero-order valence-corrected chi connectivity index (χ0v) is 15.9. The van der Waals surface area contributed by atoms with E-state index >= 15 is 0 Å². The minimum absolute atomic E-state index is 0. The number of hydrogen-bond acceptors (Lipinski definition) is 6. The van der Waals surface area contributed by atoms with Gasteiger partial charge in [0, 0.05) is 27.7 Å². The number of ether oxygens (including phenoxy) is 1. The molecule has 152 valence electrons. The molecule has 0 fully saturated rings. The molecule has 3 N–H and O–H groups in total. The molecular weight excluding hydrogens is 402 g/mol. The standard InChI is InChI=1S/C21H16ClN5O2.CH4/c22-14-5-7-15(8-6-14)25-20-16-3-1-2-4-17(16)21(27-26-20)29-12-13-9-10-24-18(11-13)19(23)28;/h1-11H,12H2,(H2,23,28)(H,25,26);1H4. The highest BCUT2D eigenvalue weighted by Gasteiger charge is 2.11. The largest absolute Gasteiger partial charge is 0.471 e. The molecule has 0 aliphatic heterocycles. The number of benzene rings is 2. The van der Waals surface area contributed by atoms with Crippen molar-refractivity contribution in [1.29, 1.82) is 0 Å². The first kappa shape index (κ1) is 21.0. The highest BCUT2D eigenvalue weighted by Crippen LogP contribution is 2.30. The Morgan fingerprint density at radius 1 is 1.03 bits per heavy atom. The van der Waals surface area contributed by atoms with Crippen molar-refractivity contribution in [2.75, 3.05) is 5.32 Å². The summed E-state index contributed by atoms with van der Waals surface area (Å²) in [5.74, 6) is 0.407. The lowest BCUT2D eigenvalue weighted by atomic mass is 10.2. The van der Waals surface area contributed by atoms with E-state index in [0.29, 0.717) is 16.7 Å². The molecule has 2 heterocycles. The van der Waals surface area contributed by atoms with Gasteiger partial charge in [0.05, 0.1) is 0 Å². The van der Waals surface area contributed by atoms with Crippen molar-refractivity contribution in [2.24, 2.45) is 5.73 Å². The average molecular weight is 422 g/mol. The van der Waals surface area contributed by atoms with E-state index in [1.54, 1.807) is 24.3 Å². The van der Waals surface area contributed by atoms with Gasteiger partial charge in [-0.3, -0.25) is 9.78 Å². The van der Waals surface area contributed by atoms with Crippen molar-refractivity contribution in [3.05, 3.63) is 83.1 Å².